The maximum Gasteiger partial charge on any atom is -0.0253 e. The van der Waals surface area contributed by atoms with Crippen LogP contribution < -0.4 is 0 Å². The Morgan fingerprint density at radius 3 is 2.12 bits per heavy atom. The van der Waals surface area contributed by atoms with Crippen LogP contribution in [0, 0.1) is 17.3 Å². The fraction of sp³-hybridized carbons (Fsp3) is 0.875. The number of rotatable bonds is 0. The van der Waals surface area contributed by atoms with Crippen molar-refractivity contribution in [2.45, 2.75) is 32.1 Å². The van der Waals surface area contributed by atoms with Gasteiger partial charge in [-0.05, 0) is 49.4 Å². The van der Waals surface area contributed by atoms with Crippen LogP contribution in [0.3, 0.4) is 0 Å². The van der Waals surface area contributed by atoms with E-state index in [1.807, 2.05) is 0 Å². The van der Waals surface area contributed by atoms with Crippen LogP contribution in [-0.2, 0) is 0 Å². The van der Waals surface area contributed by atoms with Crippen molar-refractivity contribution in [3.8, 4) is 0 Å². The molecule has 0 saturated heterocycles. The Hall–Kier alpha value is 0. The van der Waals surface area contributed by atoms with Gasteiger partial charge in [-0.15, -0.1) is 0 Å². The monoisotopic (exact) mass is 107 g/mol. The van der Waals surface area contributed by atoms with Crippen molar-refractivity contribution in [2.24, 2.45) is 10.8 Å². The molecule has 0 heterocycles. The third-order valence-corrected chi connectivity index (χ3v) is 3.19. The van der Waals surface area contributed by atoms with E-state index >= 15 is 0 Å². The van der Waals surface area contributed by atoms with Crippen LogP contribution in [0.5, 0.6) is 0 Å². The molecule has 3 fully saturated rings. The second-order valence-corrected chi connectivity index (χ2v) is 4.12. The Morgan fingerprint density at radius 1 is 1.12 bits per heavy atom. The fourth-order valence-electron chi connectivity index (χ4n) is 2.41. The molecule has 0 heteroatoms. The summed E-state index contributed by atoms with van der Waals surface area (Å²) in [6, 6.07) is 0. The smallest absolute Gasteiger partial charge is 0.0253 e. The Kier molecular flexibility index (Phi) is 0.381. The molecule has 0 aliphatic heterocycles. The Balaban J connectivity index is 1.83. The summed E-state index contributed by atoms with van der Waals surface area (Å²) in [5.41, 5.74) is 1.78. The van der Waals surface area contributed by atoms with Gasteiger partial charge in [0, 0.05) is 0 Å². The first kappa shape index (κ1) is 3.92. The molecule has 0 aromatic heterocycles. The molecule has 3 saturated carbocycles. The Bertz CT molecular complexity index is 112. The van der Waals surface area contributed by atoms with E-state index in [2.05, 4.69) is 6.42 Å². The van der Waals surface area contributed by atoms with Crippen LogP contribution in [0.1, 0.15) is 32.1 Å². The van der Waals surface area contributed by atoms with Crippen LogP contribution >= 0.6 is 0 Å². The molecule has 0 aromatic carbocycles. The molecular weight excluding hydrogens is 96.1 g/mol. The van der Waals surface area contributed by atoms with Crippen molar-refractivity contribution in [1.82, 2.24) is 0 Å². The van der Waals surface area contributed by atoms with Crippen LogP contribution in [0.25, 0.3) is 0 Å². The SMILES string of the molecule is [CH]1CC12CC1(CC1)C2. The maximum atomic E-state index is 2.51. The summed E-state index contributed by atoms with van der Waals surface area (Å²) >= 11 is 0. The summed E-state index contributed by atoms with van der Waals surface area (Å²) in [6.45, 7) is 0. The van der Waals surface area contributed by atoms with Gasteiger partial charge in [0.1, 0.15) is 0 Å². The lowest BCUT2D eigenvalue weighted by Crippen LogP contribution is -2.26. The quantitative estimate of drug-likeness (QED) is 0.445. The number of hydrogen-bond acceptors (Lipinski definition) is 0. The van der Waals surface area contributed by atoms with E-state index in [-0.39, 0.29) is 0 Å². The summed E-state index contributed by atoms with van der Waals surface area (Å²) in [6.07, 6.45) is 10.2. The Morgan fingerprint density at radius 2 is 1.75 bits per heavy atom. The highest BCUT2D eigenvalue weighted by molar-refractivity contribution is 5.25. The van der Waals surface area contributed by atoms with Gasteiger partial charge in [-0.1, -0.05) is 0 Å². The molecule has 3 rings (SSSR count). The molecule has 43 valence electrons. The molecule has 0 nitrogen and oxygen atoms in total. The van der Waals surface area contributed by atoms with Gasteiger partial charge >= 0.3 is 0 Å². The van der Waals surface area contributed by atoms with Crippen LogP contribution in [0.2, 0.25) is 0 Å². The molecule has 0 aromatic rings. The van der Waals surface area contributed by atoms with E-state index in [1.165, 1.54) is 6.42 Å². The third kappa shape index (κ3) is 0.310. The van der Waals surface area contributed by atoms with Crippen molar-refractivity contribution in [3.63, 3.8) is 0 Å². The first-order chi connectivity index (χ1) is 3.83. The lowest BCUT2D eigenvalue weighted by atomic mass is 9.69. The van der Waals surface area contributed by atoms with Crippen molar-refractivity contribution in [2.75, 3.05) is 0 Å². The summed E-state index contributed by atoms with van der Waals surface area (Å²) < 4.78 is 0. The molecule has 2 spiro atoms. The van der Waals surface area contributed by atoms with Gasteiger partial charge in [0.25, 0.3) is 0 Å². The minimum absolute atomic E-state index is 0.844. The predicted octanol–water partition coefficient (Wildman–Crippen LogP) is 2.15. The van der Waals surface area contributed by atoms with E-state index < -0.39 is 0 Å². The summed E-state index contributed by atoms with van der Waals surface area (Å²) in [5, 5.41) is 0. The van der Waals surface area contributed by atoms with Crippen molar-refractivity contribution in [1.29, 1.82) is 0 Å². The van der Waals surface area contributed by atoms with Crippen LogP contribution in [-0.4, -0.2) is 0 Å². The topological polar surface area (TPSA) is 0 Å². The van der Waals surface area contributed by atoms with Gasteiger partial charge in [-0.25, -0.2) is 0 Å². The highest BCUT2D eigenvalue weighted by Gasteiger charge is 2.65. The highest BCUT2D eigenvalue weighted by atomic mass is 14.7. The fourth-order valence-corrected chi connectivity index (χ4v) is 2.41. The molecule has 3 aliphatic rings. The molecular formula is C8H11. The van der Waals surface area contributed by atoms with Gasteiger partial charge in [-0.3, -0.25) is 0 Å². The van der Waals surface area contributed by atoms with Crippen molar-refractivity contribution in [3.05, 3.63) is 6.42 Å². The van der Waals surface area contributed by atoms with E-state index in [9.17, 15) is 0 Å². The standard InChI is InChI=1S/C8H11/c1-2-7(1)5-8(6-7)3-4-8/h1H,2-6H2. The summed E-state index contributed by atoms with van der Waals surface area (Å²) in [7, 11) is 0. The van der Waals surface area contributed by atoms with Gasteiger partial charge in [0.05, 0.1) is 0 Å². The normalized spacial score (nSPS) is 42.0. The maximum absolute atomic E-state index is 2.51. The van der Waals surface area contributed by atoms with E-state index in [0.717, 1.165) is 10.8 Å². The average molecular weight is 107 g/mol. The van der Waals surface area contributed by atoms with E-state index in [4.69, 9.17) is 0 Å². The molecule has 0 atom stereocenters. The van der Waals surface area contributed by atoms with Gasteiger partial charge in [-0.2, -0.15) is 0 Å². The minimum atomic E-state index is 0.844. The first-order valence-corrected chi connectivity index (χ1v) is 3.67. The van der Waals surface area contributed by atoms with Gasteiger partial charge in [0.2, 0.25) is 0 Å². The minimum Gasteiger partial charge on any atom is -0.0470 e. The lowest BCUT2D eigenvalue weighted by Gasteiger charge is -2.36. The zero-order valence-electron chi connectivity index (χ0n) is 5.11. The predicted molar refractivity (Wildman–Crippen MR) is 32.3 cm³/mol. The molecule has 0 bridgehead atoms. The van der Waals surface area contributed by atoms with Crippen molar-refractivity contribution < 1.29 is 0 Å². The largest absolute Gasteiger partial charge is 0.0470 e. The van der Waals surface area contributed by atoms with E-state index in [1.54, 1.807) is 25.7 Å². The van der Waals surface area contributed by atoms with E-state index in [0.29, 0.717) is 0 Å². The zero-order chi connectivity index (χ0) is 5.24. The van der Waals surface area contributed by atoms with Crippen LogP contribution in [0.15, 0.2) is 0 Å². The third-order valence-electron chi connectivity index (χ3n) is 3.19. The van der Waals surface area contributed by atoms with Crippen molar-refractivity contribution >= 4 is 0 Å². The van der Waals surface area contributed by atoms with Crippen LogP contribution in [0.4, 0.5) is 0 Å². The number of hydrogen-bond donors (Lipinski definition) is 0. The zero-order valence-corrected chi connectivity index (χ0v) is 5.11. The van der Waals surface area contributed by atoms with Gasteiger partial charge in [0.15, 0.2) is 0 Å². The second kappa shape index (κ2) is 0.778. The lowest BCUT2D eigenvalue weighted by molar-refractivity contribution is 0.157. The second-order valence-electron chi connectivity index (χ2n) is 4.12. The molecule has 0 amide bonds. The summed E-state index contributed by atoms with van der Waals surface area (Å²) in [4.78, 5) is 0. The first-order valence-electron chi connectivity index (χ1n) is 3.67. The molecule has 0 unspecified atom stereocenters. The molecule has 1 radical (unpaired) electrons. The molecule has 3 aliphatic carbocycles. The van der Waals surface area contributed by atoms with Gasteiger partial charge < -0.3 is 0 Å². The molecule has 8 heavy (non-hydrogen) atoms. The Labute approximate surface area is 50.3 Å². The highest BCUT2D eigenvalue weighted by Crippen LogP contribution is 2.76. The molecule has 0 N–H and O–H groups in total. The summed E-state index contributed by atoms with van der Waals surface area (Å²) in [5.74, 6) is 0. The average Bonchev–Trinajstić information content (AvgIpc) is 2.41.